The SMILES string of the molecule is Br.COC(=O)c1cnccc1Br. The first-order valence-corrected chi connectivity index (χ1v) is 3.73. The molecular weight excluding hydrogens is 290 g/mol. The second kappa shape index (κ2) is 5.27. The molecular formula is C7H7Br2NO2. The van der Waals surface area contributed by atoms with E-state index in [4.69, 9.17) is 0 Å². The standard InChI is InChI=1S/C7H6BrNO2.BrH/c1-11-7(10)5-4-9-3-2-6(5)8;/h2-4H,1H3;1H. The van der Waals surface area contributed by atoms with Gasteiger partial charge in [-0.2, -0.15) is 0 Å². The van der Waals surface area contributed by atoms with Crippen molar-refractivity contribution in [1.82, 2.24) is 4.98 Å². The van der Waals surface area contributed by atoms with E-state index in [2.05, 4.69) is 25.7 Å². The molecule has 1 rings (SSSR count). The molecule has 0 N–H and O–H groups in total. The fourth-order valence-corrected chi connectivity index (χ4v) is 1.02. The maximum Gasteiger partial charge on any atom is 0.340 e. The van der Waals surface area contributed by atoms with Crippen molar-refractivity contribution < 1.29 is 9.53 Å². The van der Waals surface area contributed by atoms with Gasteiger partial charge in [-0.25, -0.2) is 4.79 Å². The molecule has 1 aromatic heterocycles. The fraction of sp³-hybridized carbons (Fsp3) is 0.143. The Hall–Kier alpha value is -0.420. The third kappa shape index (κ3) is 2.57. The second-order valence-electron chi connectivity index (χ2n) is 1.85. The van der Waals surface area contributed by atoms with Gasteiger partial charge in [0.2, 0.25) is 0 Å². The van der Waals surface area contributed by atoms with Crippen molar-refractivity contribution >= 4 is 38.9 Å². The van der Waals surface area contributed by atoms with Crippen molar-refractivity contribution in [2.45, 2.75) is 0 Å². The average Bonchev–Trinajstić information content (AvgIpc) is 2.04. The number of ether oxygens (including phenoxy) is 1. The lowest BCUT2D eigenvalue weighted by atomic mass is 10.3. The topological polar surface area (TPSA) is 39.2 Å². The van der Waals surface area contributed by atoms with E-state index in [-0.39, 0.29) is 23.0 Å². The van der Waals surface area contributed by atoms with Crippen LogP contribution in [0.1, 0.15) is 10.4 Å². The van der Waals surface area contributed by atoms with Crippen molar-refractivity contribution in [1.29, 1.82) is 0 Å². The summed E-state index contributed by atoms with van der Waals surface area (Å²) < 4.78 is 5.20. The van der Waals surface area contributed by atoms with Gasteiger partial charge in [-0.1, -0.05) is 0 Å². The van der Waals surface area contributed by atoms with Gasteiger partial charge < -0.3 is 4.74 Å². The van der Waals surface area contributed by atoms with Gasteiger partial charge in [0.25, 0.3) is 0 Å². The van der Waals surface area contributed by atoms with Crippen molar-refractivity contribution in [2.75, 3.05) is 7.11 Å². The highest BCUT2D eigenvalue weighted by atomic mass is 79.9. The zero-order valence-electron chi connectivity index (χ0n) is 6.28. The normalized spacial score (nSPS) is 8.50. The molecule has 1 heterocycles. The van der Waals surface area contributed by atoms with Crippen LogP contribution in [0.15, 0.2) is 22.9 Å². The number of carbonyl (C=O) groups is 1. The highest BCUT2D eigenvalue weighted by molar-refractivity contribution is 9.10. The molecule has 0 spiro atoms. The summed E-state index contributed by atoms with van der Waals surface area (Å²) in [5.74, 6) is -0.384. The van der Waals surface area contributed by atoms with Gasteiger partial charge in [-0.3, -0.25) is 4.98 Å². The summed E-state index contributed by atoms with van der Waals surface area (Å²) >= 11 is 3.20. The fourth-order valence-electron chi connectivity index (χ4n) is 0.638. The van der Waals surface area contributed by atoms with Crippen LogP contribution in [0.4, 0.5) is 0 Å². The van der Waals surface area contributed by atoms with E-state index in [0.29, 0.717) is 10.0 Å². The molecule has 66 valence electrons. The maximum absolute atomic E-state index is 10.9. The summed E-state index contributed by atoms with van der Waals surface area (Å²) in [5, 5.41) is 0. The number of aromatic nitrogens is 1. The Balaban J connectivity index is 0.00000121. The van der Waals surface area contributed by atoms with Crippen LogP contribution in [-0.4, -0.2) is 18.1 Å². The number of halogens is 2. The molecule has 0 unspecified atom stereocenters. The van der Waals surface area contributed by atoms with Crippen molar-refractivity contribution in [3.8, 4) is 0 Å². The first-order chi connectivity index (χ1) is 5.25. The third-order valence-electron chi connectivity index (χ3n) is 1.17. The molecule has 1 aromatic rings. The summed E-state index contributed by atoms with van der Waals surface area (Å²) in [6.07, 6.45) is 3.05. The summed E-state index contributed by atoms with van der Waals surface area (Å²) in [7, 11) is 1.34. The van der Waals surface area contributed by atoms with Crippen molar-refractivity contribution in [3.63, 3.8) is 0 Å². The van der Waals surface area contributed by atoms with E-state index in [9.17, 15) is 4.79 Å². The molecule has 0 bridgehead atoms. The van der Waals surface area contributed by atoms with E-state index in [1.807, 2.05) is 0 Å². The first kappa shape index (κ1) is 11.6. The van der Waals surface area contributed by atoms with Gasteiger partial charge in [0.15, 0.2) is 0 Å². The molecule has 0 atom stereocenters. The molecule has 0 fully saturated rings. The number of pyridine rings is 1. The molecule has 12 heavy (non-hydrogen) atoms. The molecule has 0 amide bonds. The Labute approximate surface area is 89.0 Å². The molecule has 0 aromatic carbocycles. The van der Waals surface area contributed by atoms with Crippen LogP contribution >= 0.6 is 32.9 Å². The van der Waals surface area contributed by atoms with Crippen LogP contribution in [0, 0.1) is 0 Å². The van der Waals surface area contributed by atoms with Crippen molar-refractivity contribution in [2.24, 2.45) is 0 Å². The number of hydrogen-bond acceptors (Lipinski definition) is 3. The molecule has 0 aliphatic rings. The van der Waals surface area contributed by atoms with E-state index < -0.39 is 0 Å². The smallest absolute Gasteiger partial charge is 0.340 e. The van der Waals surface area contributed by atoms with E-state index >= 15 is 0 Å². The van der Waals surface area contributed by atoms with Crippen LogP contribution in [0.2, 0.25) is 0 Å². The highest BCUT2D eigenvalue weighted by Crippen LogP contribution is 2.14. The average molecular weight is 297 g/mol. The predicted octanol–water partition coefficient (Wildman–Crippen LogP) is 2.21. The van der Waals surface area contributed by atoms with Crippen LogP contribution in [0.5, 0.6) is 0 Å². The zero-order chi connectivity index (χ0) is 8.27. The molecule has 0 saturated heterocycles. The van der Waals surface area contributed by atoms with Gasteiger partial charge in [-0.05, 0) is 22.0 Å². The largest absolute Gasteiger partial charge is 0.465 e. The minimum absolute atomic E-state index is 0. The van der Waals surface area contributed by atoms with E-state index in [1.165, 1.54) is 13.3 Å². The molecule has 0 saturated carbocycles. The minimum Gasteiger partial charge on any atom is -0.465 e. The third-order valence-corrected chi connectivity index (χ3v) is 1.86. The van der Waals surface area contributed by atoms with E-state index in [1.54, 1.807) is 12.3 Å². The van der Waals surface area contributed by atoms with Crippen molar-refractivity contribution in [3.05, 3.63) is 28.5 Å². The Morgan fingerprint density at radius 3 is 2.83 bits per heavy atom. The molecule has 0 aliphatic heterocycles. The molecule has 0 aliphatic carbocycles. The highest BCUT2D eigenvalue weighted by Gasteiger charge is 2.08. The lowest BCUT2D eigenvalue weighted by molar-refractivity contribution is 0.0599. The van der Waals surface area contributed by atoms with E-state index in [0.717, 1.165) is 0 Å². The van der Waals surface area contributed by atoms with Gasteiger partial charge in [0.1, 0.15) is 0 Å². The number of carbonyl (C=O) groups excluding carboxylic acids is 1. The summed E-state index contributed by atoms with van der Waals surface area (Å²) in [4.78, 5) is 14.7. The Bertz CT molecular complexity index is 278. The predicted molar refractivity (Wildman–Crippen MR) is 53.6 cm³/mol. The van der Waals surface area contributed by atoms with Crippen LogP contribution in [0.25, 0.3) is 0 Å². The number of nitrogens with zero attached hydrogens (tertiary/aromatic N) is 1. The summed E-state index contributed by atoms with van der Waals surface area (Å²) in [6.45, 7) is 0. The number of hydrogen-bond donors (Lipinski definition) is 0. The second-order valence-corrected chi connectivity index (χ2v) is 2.70. The first-order valence-electron chi connectivity index (χ1n) is 2.93. The Kier molecular flexibility index (Phi) is 5.08. The quantitative estimate of drug-likeness (QED) is 0.746. The minimum atomic E-state index is -0.384. The maximum atomic E-state index is 10.9. The Morgan fingerprint density at radius 2 is 2.33 bits per heavy atom. The van der Waals surface area contributed by atoms with Gasteiger partial charge in [0, 0.05) is 16.9 Å². The van der Waals surface area contributed by atoms with Crippen LogP contribution < -0.4 is 0 Å². The number of methoxy groups -OCH3 is 1. The zero-order valence-corrected chi connectivity index (χ0v) is 9.58. The number of rotatable bonds is 1. The summed E-state index contributed by atoms with van der Waals surface area (Å²) in [5.41, 5.74) is 0.440. The lowest BCUT2D eigenvalue weighted by Gasteiger charge is -1.99. The lowest BCUT2D eigenvalue weighted by Crippen LogP contribution is -2.02. The van der Waals surface area contributed by atoms with Crippen LogP contribution in [-0.2, 0) is 4.74 Å². The van der Waals surface area contributed by atoms with Gasteiger partial charge in [-0.15, -0.1) is 17.0 Å². The summed E-state index contributed by atoms with van der Waals surface area (Å²) in [6, 6.07) is 1.69. The van der Waals surface area contributed by atoms with Crippen LogP contribution in [0.3, 0.4) is 0 Å². The van der Waals surface area contributed by atoms with Gasteiger partial charge in [0.05, 0.1) is 12.7 Å². The Morgan fingerprint density at radius 1 is 1.67 bits per heavy atom. The van der Waals surface area contributed by atoms with Gasteiger partial charge >= 0.3 is 5.97 Å². The molecule has 0 radical (unpaired) electrons. The molecule has 5 heteroatoms. The number of esters is 1. The monoisotopic (exact) mass is 295 g/mol. The molecule has 3 nitrogen and oxygen atoms in total.